The van der Waals surface area contributed by atoms with E-state index >= 15 is 0 Å². The van der Waals surface area contributed by atoms with Crippen molar-refractivity contribution in [1.82, 2.24) is 14.5 Å². The van der Waals surface area contributed by atoms with Crippen LogP contribution in [0.1, 0.15) is 12.5 Å². The monoisotopic (exact) mass is 294 g/mol. The lowest BCUT2D eigenvalue weighted by molar-refractivity contribution is -0.137. The lowest BCUT2D eigenvalue weighted by atomic mass is 10.1. The number of carbonyl (C=O) groups excluding carboxylic acids is 2. The zero-order chi connectivity index (χ0) is 14.4. The first-order chi connectivity index (χ1) is 9.52. The van der Waals surface area contributed by atoms with Crippen LogP contribution in [0.2, 0.25) is 0 Å². The van der Waals surface area contributed by atoms with Gasteiger partial charge in [-0.05, 0) is 6.42 Å². The summed E-state index contributed by atoms with van der Waals surface area (Å²) >= 11 is 0.887. The molecule has 9 heteroatoms. The number of fused-ring (bicyclic) bond motifs is 1. The van der Waals surface area contributed by atoms with Gasteiger partial charge in [0.25, 0.3) is 0 Å². The molecule has 1 fully saturated rings. The first-order valence-corrected chi connectivity index (χ1v) is 6.67. The Kier molecular flexibility index (Phi) is 2.87. The molecule has 3 rings (SSSR count). The Morgan fingerprint density at radius 2 is 2.15 bits per heavy atom. The molecule has 0 bridgehead atoms. The molecule has 0 aliphatic heterocycles. The number of nitrogens with two attached hydrogens (primary N) is 1. The number of aliphatic hydroxyl groups is 1. The van der Waals surface area contributed by atoms with Crippen molar-refractivity contribution in [2.24, 2.45) is 5.92 Å². The van der Waals surface area contributed by atoms with E-state index in [0.29, 0.717) is 4.70 Å². The first kappa shape index (κ1) is 12.9. The van der Waals surface area contributed by atoms with Crippen LogP contribution < -0.4 is 10.6 Å². The Balaban J connectivity index is 2.18. The van der Waals surface area contributed by atoms with Gasteiger partial charge in [-0.25, -0.2) is 4.98 Å². The minimum absolute atomic E-state index is 0.0143. The molecule has 1 aliphatic carbocycles. The van der Waals surface area contributed by atoms with Crippen molar-refractivity contribution in [2.75, 3.05) is 12.3 Å². The first-order valence-electron chi connectivity index (χ1n) is 5.85. The minimum Gasteiger partial charge on any atom is -0.396 e. The lowest BCUT2D eigenvalue weighted by Crippen LogP contribution is -2.25. The number of thiazole rings is 1. The van der Waals surface area contributed by atoms with Crippen molar-refractivity contribution < 1.29 is 14.7 Å². The molecule has 20 heavy (non-hydrogen) atoms. The number of carbonyl (C=O) groups is 2. The zero-order valence-electron chi connectivity index (χ0n) is 10.1. The summed E-state index contributed by atoms with van der Waals surface area (Å²) in [6, 6.07) is -0.921. The van der Waals surface area contributed by atoms with Crippen molar-refractivity contribution >= 4 is 39.2 Å². The van der Waals surface area contributed by atoms with Gasteiger partial charge in [-0.15, -0.1) is 0 Å². The predicted octanol–water partition coefficient (Wildman–Crippen LogP) is -0.873. The molecule has 0 amide bonds. The number of hydrogen-bond donors (Lipinski definition) is 2. The van der Waals surface area contributed by atoms with Gasteiger partial charge in [0.1, 0.15) is 6.04 Å². The topological polar surface area (TPSA) is 128 Å². The maximum atomic E-state index is 12.0. The van der Waals surface area contributed by atoms with E-state index in [-0.39, 0.29) is 18.0 Å². The average Bonchev–Trinajstić information content (AvgIpc) is 2.88. The van der Waals surface area contributed by atoms with Crippen molar-refractivity contribution in [3.8, 4) is 0 Å². The molecule has 0 saturated heterocycles. The van der Waals surface area contributed by atoms with Gasteiger partial charge in [-0.2, -0.15) is 4.98 Å². The van der Waals surface area contributed by atoms with E-state index in [1.54, 1.807) is 0 Å². The van der Waals surface area contributed by atoms with Gasteiger partial charge in [0.2, 0.25) is 17.5 Å². The maximum Gasteiger partial charge on any atom is 0.310 e. The van der Waals surface area contributed by atoms with Gasteiger partial charge in [0.05, 0.1) is 23.4 Å². The van der Waals surface area contributed by atoms with Crippen LogP contribution in [0.5, 0.6) is 0 Å². The van der Waals surface area contributed by atoms with Gasteiger partial charge >= 0.3 is 4.87 Å². The number of aliphatic hydroxyl groups excluding tert-OH is 1. The molecule has 0 spiro atoms. The molecule has 0 aromatic carbocycles. The quantitative estimate of drug-likeness (QED) is 0.689. The number of nitrogens with zero attached hydrogens (tertiary/aromatic N) is 3. The summed E-state index contributed by atoms with van der Waals surface area (Å²) < 4.78 is 1.67. The minimum atomic E-state index is -0.921. The number of Topliss-reactive ketones (excluding diaryl/α,β-unsaturated/α-hetero) is 2. The van der Waals surface area contributed by atoms with Crippen LogP contribution in [0.25, 0.3) is 10.3 Å². The van der Waals surface area contributed by atoms with Crippen molar-refractivity contribution in [3.05, 3.63) is 15.9 Å². The zero-order valence-corrected chi connectivity index (χ0v) is 11.0. The molecule has 1 saturated carbocycles. The van der Waals surface area contributed by atoms with Crippen LogP contribution in [0, 0.1) is 5.92 Å². The van der Waals surface area contributed by atoms with Crippen LogP contribution >= 0.6 is 11.3 Å². The summed E-state index contributed by atoms with van der Waals surface area (Å²) in [4.78, 5) is 43.0. The molecule has 1 aliphatic rings. The Morgan fingerprint density at radius 1 is 1.40 bits per heavy atom. The fraction of sp³-hybridized carbons (Fsp3) is 0.364. The highest BCUT2D eigenvalue weighted by Crippen LogP contribution is 2.30. The van der Waals surface area contributed by atoms with E-state index in [1.165, 1.54) is 10.8 Å². The fourth-order valence-electron chi connectivity index (χ4n) is 2.35. The maximum absolute atomic E-state index is 12.0. The highest BCUT2D eigenvalue weighted by molar-refractivity contribution is 7.16. The number of nitrogen functional groups attached to an aromatic ring is 1. The Hall–Kier alpha value is -2.13. The molecular formula is C11H10N4O4S. The Bertz CT molecular complexity index is 780. The Morgan fingerprint density at radius 3 is 2.80 bits per heavy atom. The SMILES string of the molecule is Nc1ncc2sc(=O)n([C@@H]3C[C@H](CO)C(=O)C3=O)c2n1. The summed E-state index contributed by atoms with van der Waals surface area (Å²) in [6.07, 6.45) is 1.51. The van der Waals surface area contributed by atoms with Crippen LogP contribution in [-0.4, -0.2) is 37.8 Å². The van der Waals surface area contributed by atoms with Crippen molar-refractivity contribution in [3.63, 3.8) is 0 Å². The summed E-state index contributed by atoms with van der Waals surface area (Å²) in [5.41, 5.74) is 5.74. The third kappa shape index (κ3) is 1.74. The molecule has 104 valence electrons. The summed E-state index contributed by atoms with van der Waals surface area (Å²) in [5.74, 6) is -2.10. The number of anilines is 1. The number of rotatable bonds is 2. The molecule has 3 N–H and O–H groups in total. The van der Waals surface area contributed by atoms with Crippen LogP contribution in [0.4, 0.5) is 5.95 Å². The standard InChI is InChI=1S/C11H10N4O4S/c12-10-13-2-6-9(14-10)15(11(19)20-6)5-1-4(3-16)7(17)8(5)18/h2,4-5,16H,1,3H2,(H2,12,13,14)/t4-,5-/m1/s1. The molecule has 2 aromatic heterocycles. The molecule has 2 aromatic rings. The van der Waals surface area contributed by atoms with E-state index in [4.69, 9.17) is 10.8 Å². The predicted molar refractivity (Wildman–Crippen MR) is 70.3 cm³/mol. The van der Waals surface area contributed by atoms with Gasteiger partial charge in [-0.3, -0.25) is 19.0 Å². The number of hydrogen-bond acceptors (Lipinski definition) is 8. The number of ketones is 2. The van der Waals surface area contributed by atoms with Crippen molar-refractivity contribution in [2.45, 2.75) is 12.5 Å². The second kappa shape index (κ2) is 4.46. The van der Waals surface area contributed by atoms with E-state index < -0.39 is 35.0 Å². The molecule has 0 radical (unpaired) electrons. The summed E-state index contributed by atoms with van der Waals surface area (Å²) in [5, 5.41) is 9.09. The van der Waals surface area contributed by atoms with Crippen LogP contribution in [-0.2, 0) is 9.59 Å². The van der Waals surface area contributed by atoms with Crippen LogP contribution in [0.3, 0.4) is 0 Å². The van der Waals surface area contributed by atoms with Gasteiger partial charge in [0.15, 0.2) is 5.65 Å². The fourth-order valence-corrected chi connectivity index (χ4v) is 3.19. The molecule has 0 unspecified atom stereocenters. The van der Waals surface area contributed by atoms with Crippen molar-refractivity contribution in [1.29, 1.82) is 0 Å². The third-order valence-corrected chi connectivity index (χ3v) is 4.21. The molecule has 2 heterocycles. The normalized spacial score (nSPS) is 22.9. The summed E-state index contributed by atoms with van der Waals surface area (Å²) in [6.45, 7) is -0.408. The van der Waals surface area contributed by atoms with E-state index in [9.17, 15) is 14.4 Å². The highest BCUT2D eigenvalue weighted by atomic mass is 32.1. The van der Waals surface area contributed by atoms with E-state index in [1.807, 2.05) is 0 Å². The van der Waals surface area contributed by atoms with E-state index in [2.05, 4.69) is 9.97 Å². The average molecular weight is 294 g/mol. The molecule has 2 atom stereocenters. The second-order valence-corrected chi connectivity index (χ2v) is 5.51. The molecule has 8 nitrogen and oxygen atoms in total. The van der Waals surface area contributed by atoms with Crippen LogP contribution in [0.15, 0.2) is 11.0 Å². The van der Waals surface area contributed by atoms with Gasteiger partial charge in [-0.1, -0.05) is 11.3 Å². The van der Waals surface area contributed by atoms with Gasteiger partial charge in [0, 0.05) is 0 Å². The lowest BCUT2D eigenvalue weighted by Gasteiger charge is -2.09. The Labute approximate surface area is 115 Å². The number of aromatic nitrogens is 3. The highest BCUT2D eigenvalue weighted by Gasteiger charge is 2.43. The smallest absolute Gasteiger partial charge is 0.310 e. The summed E-state index contributed by atoms with van der Waals surface area (Å²) in [7, 11) is 0. The van der Waals surface area contributed by atoms with Gasteiger partial charge < -0.3 is 10.8 Å². The second-order valence-electron chi connectivity index (χ2n) is 4.51. The third-order valence-electron chi connectivity index (χ3n) is 3.33. The van der Waals surface area contributed by atoms with E-state index in [0.717, 1.165) is 11.3 Å². The largest absolute Gasteiger partial charge is 0.396 e. The molecular weight excluding hydrogens is 284 g/mol.